The topological polar surface area (TPSA) is 579 Å². The summed E-state index contributed by atoms with van der Waals surface area (Å²) < 4.78 is 0. The van der Waals surface area contributed by atoms with E-state index in [4.69, 9.17) is 17.2 Å². The molecule has 0 aliphatic rings. The van der Waals surface area contributed by atoms with Crippen molar-refractivity contribution in [3.05, 3.63) is 89.5 Å². The van der Waals surface area contributed by atoms with Crippen LogP contribution in [0.1, 0.15) is 16.7 Å². The summed E-state index contributed by atoms with van der Waals surface area (Å²) in [6, 6.07) is 14.6. The molecule has 3 aromatic rings. The summed E-state index contributed by atoms with van der Waals surface area (Å²) in [6.45, 7) is -8.45. The summed E-state index contributed by atoms with van der Waals surface area (Å²) >= 11 is 0. The number of hydrogen-bond donors (Lipinski definition) is 3. The van der Waals surface area contributed by atoms with Crippen LogP contribution in [0.5, 0.6) is 0 Å². The van der Waals surface area contributed by atoms with Gasteiger partial charge < -0.3 is 136 Å². The molecule has 0 fully saturated rings. The van der Waals surface area contributed by atoms with Crippen LogP contribution in [0.25, 0.3) is 0 Å². The summed E-state index contributed by atoms with van der Waals surface area (Å²) in [7, 11) is 0. The second-order valence-corrected chi connectivity index (χ2v) is 18.2. The Morgan fingerprint density at radius 2 is 0.432 bits per heavy atom. The molecule has 0 amide bonds. The van der Waals surface area contributed by atoms with Gasteiger partial charge in [0.05, 0.1) is 89.8 Å². The zero-order valence-corrected chi connectivity index (χ0v) is 60.1. The standard InChI is InChI=1S/3C17H23N3O8.4In/c3*18-12-3-1-11(2-4-12)7-13(17(27)28)20(10-16(25)26)6-5-19(8-14(21)22)9-15(23)24;;;;/h3*1-4,13H,5-10,18H2,(H,21,22)(H,23,24)(H,25,26)(H,27,28);;;;/q;;;4*+3/p-12. The summed E-state index contributed by atoms with van der Waals surface area (Å²) in [5.41, 5.74) is 19.7. The van der Waals surface area contributed by atoms with Crippen molar-refractivity contribution in [1.82, 2.24) is 29.4 Å². The first-order valence-electron chi connectivity index (χ1n) is 24.6. The molecule has 0 aliphatic heterocycles. The molecule has 88 heavy (non-hydrogen) atoms. The Labute approximate surface area is 577 Å². The van der Waals surface area contributed by atoms with Crippen molar-refractivity contribution < 1.29 is 119 Å². The minimum atomic E-state index is -1.56. The SMILES string of the molecule is Nc1ccc(CC(C(=O)[O-])N(CCN(CC(=O)[O-])CC(=O)[O-])CC(=O)[O-])cc1.Nc1ccc(CC(C(=O)[O-])N(CCN(CC(=O)[O-])CC(=O)[O-])CC(=O)[O-])cc1.Nc1ccc(CC(C(=O)[O-])N(CCN(CC(=O)[O-])CC(=O)[O-])CC(=O)[O-])cc1.[In+3].[In+3].[In+3].[In+3]. The summed E-state index contributed by atoms with van der Waals surface area (Å²) in [5, 5.41) is 132. The quantitative estimate of drug-likeness (QED) is 0.0447. The number of nitrogen functional groups attached to an aromatic ring is 3. The Hall–Kier alpha value is -6.06. The molecule has 3 aromatic carbocycles. The van der Waals surface area contributed by atoms with Crippen LogP contribution in [0.4, 0.5) is 17.1 Å². The number of aliphatic carboxylic acids is 12. The summed E-state index contributed by atoms with van der Waals surface area (Å²) in [5.74, 6) is -18.6. The molecule has 0 spiro atoms. The Kier molecular flexibility index (Phi) is 47.2. The number of nitrogens with two attached hydrogens (primary N) is 3. The van der Waals surface area contributed by atoms with E-state index in [1.807, 2.05) is 0 Å². The van der Waals surface area contributed by atoms with Crippen LogP contribution >= 0.6 is 0 Å². The molecule has 0 aliphatic carbocycles. The van der Waals surface area contributed by atoms with E-state index in [9.17, 15) is 119 Å². The van der Waals surface area contributed by atoms with Gasteiger partial charge in [0.2, 0.25) is 0 Å². The second-order valence-electron chi connectivity index (χ2n) is 18.2. The Morgan fingerprint density at radius 1 is 0.273 bits per heavy atom. The van der Waals surface area contributed by atoms with Crippen molar-refractivity contribution in [3.63, 3.8) is 0 Å². The second kappa shape index (κ2) is 47.0. The van der Waals surface area contributed by atoms with Gasteiger partial charge in [-0.3, -0.25) is 29.4 Å². The van der Waals surface area contributed by atoms with Crippen molar-refractivity contribution in [3.8, 4) is 0 Å². The van der Waals surface area contributed by atoms with E-state index in [-0.39, 0.29) is 162 Å². The molecule has 0 aromatic heterocycles. The number of anilines is 3. The number of hydrogen-bond acceptors (Lipinski definition) is 33. The number of carboxylic acids is 12. The van der Waals surface area contributed by atoms with E-state index in [1.165, 1.54) is 0 Å². The average molecular weight is 1640 g/mol. The van der Waals surface area contributed by atoms with Gasteiger partial charge in [-0.25, -0.2) is 0 Å². The van der Waals surface area contributed by atoms with Gasteiger partial charge in [0.25, 0.3) is 0 Å². The van der Waals surface area contributed by atoms with Crippen LogP contribution in [0.3, 0.4) is 0 Å². The monoisotopic (exact) mass is 1640 g/mol. The number of carbonyl (C=O) groups excluding carboxylic acids is 12. The molecule has 37 heteroatoms. The first-order chi connectivity index (χ1) is 39.2. The Bertz CT molecular complexity index is 2380. The van der Waals surface area contributed by atoms with E-state index in [0.29, 0.717) is 33.8 Å². The van der Waals surface area contributed by atoms with E-state index in [2.05, 4.69) is 0 Å². The van der Waals surface area contributed by atoms with Crippen LogP contribution in [-0.4, -0.2) is 321 Å². The number of carboxylic acid groups (broad SMARTS) is 12. The first kappa shape index (κ1) is 88.4. The van der Waals surface area contributed by atoms with Crippen molar-refractivity contribution in [1.29, 1.82) is 0 Å². The molecule has 0 bridgehead atoms. The zero-order chi connectivity index (χ0) is 63.8. The van der Waals surface area contributed by atoms with Gasteiger partial charge in [-0.1, -0.05) is 36.4 Å². The van der Waals surface area contributed by atoms with Crippen LogP contribution in [0.2, 0.25) is 0 Å². The van der Waals surface area contributed by atoms with Crippen LogP contribution in [0, 0.1) is 0 Å². The van der Waals surface area contributed by atoms with E-state index >= 15 is 0 Å². The summed E-state index contributed by atoms with van der Waals surface area (Å²) in [6.07, 6.45) is -0.343. The average Bonchev–Trinajstić information content (AvgIpc) is 2.88. The van der Waals surface area contributed by atoms with Crippen LogP contribution in [0.15, 0.2) is 72.8 Å². The fraction of sp³-hybridized carbons (Fsp3) is 0.412. The molecule has 6 N–H and O–H groups in total. The maximum absolute atomic E-state index is 11.6. The Morgan fingerprint density at radius 3 is 0.568 bits per heavy atom. The third-order valence-corrected chi connectivity index (χ3v) is 11.6. The van der Waals surface area contributed by atoms with Crippen LogP contribution in [-0.2, 0) is 76.8 Å². The van der Waals surface area contributed by atoms with Gasteiger partial charge in [0.1, 0.15) is 0 Å². The number of benzene rings is 3. The van der Waals surface area contributed by atoms with Gasteiger partial charge in [0, 0.05) is 115 Å². The minimum Gasteiger partial charge on any atom is -0.549 e. The summed E-state index contributed by atoms with van der Waals surface area (Å²) in [4.78, 5) is 138. The molecule has 0 heterocycles. The third kappa shape index (κ3) is 40.5. The Balaban J connectivity index is -0.000000588. The maximum Gasteiger partial charge on any atom is 3.00 e. The molecule has 3 unspecified atom stereocenters. The number of carbonyl (C=O) groups is 12. The first-order valence-corrected chi connectivity index (χ1v) is 24.6. The van der Waals surface area contributed by atoms with Gasteiger partial charge in [-0.15, -0.1) is 0 Å². The minimum absolute atomic E-state index is 0. The number of nitrogens with zero attached hydrogens (tertiary/aromatic N) is 6. The fourth-order valence-electron chi connectivity index (χ4n) is 7.80. The zero-order valence-electron chi connectivity index (χ0n) is 46.9. The van der Waals surface area contributed by atoms with E-state index in [0.717, 1.165) is 29.4 Å². The molecule has 0 saturated carbocycles. The molecular weight excluding hydrogens is 1580 g/mol. The van der Waals surface area contributed by atoms with Gasteiger partial charge >= 0.3 is 103 Å². The molecule has 462 valence electrons. The van der Waals surface area contributed by atoms with Crippen LogP contribution < -0.4 is 78.5 Å². The van der Waals surface area contributed by atoms with E-state index in [1.54, 1.807) is 72.8 Å². The fourth-order valence-corrected chi connectivity index (χ4v) is 7.80. The number of rotatable bonds is 39. The van der Waals surface area contributed by atoms with Crippen molar-refractivity contribution in [2.24, 2.45) is 0 Å². The predicted octanol–water partition coefficient (Wildman–Crippen LogP) is -20.2. The predicted molar refractivity (Wildman–Crippen MR) is 282 cm³/mol. The molecule has 33 nitrogen and oxygen atoms in total. The van der Waals surface area contributed by atoms with Crippen molar-refractivity contribution in [2.45, 2.75) is 37.4 Å². The van der Waals surface area contributed by atoms with Crippen molar-refractivity contribution >= 4 is 192 Å². The molecule has 3 atom stereocenters. The van der Waals surface area contributed by atoms with E-state index < -0.39 is 149 Å². The molecule has 3 rings (SSSR count). The third-order valence-electron chi connectivity index (χ3n) is 11.6. The van der Waals surface area contributed by atoms with Gasteiger partial charge in [-0.05, 0) is 72.4 Å². The largest absolute Gasteiger partial charge is 3.00 e. The van der Waals surface area contributed by atoms with Gasteiger partial charge in [0.15, 0.2) is 0 Å². The normalized spacial score (nSPS) is 11.5. The maximum atomic E-state index is 11.6. The van der Waals surface area contributed by atoms with Crippen molar-refractivity contribution in [2.75, 3.05) is 115 Å². The smallest absolute Gasteiger partial charge is 0.549 e. The molecule has 0 radical (unpaired) electrons. The van der Waals surface area contributed by atoms with Gasteiger partial charge in [-0.2, -0.15) is 0 Å². The molecule has 0 saturated heterocycles. The molecular formula is C51H57In4N9O24.